The second kappa shape index (κ2) is 6.94. The summed E-state index contributed by atoms with van der Waals surface area (Å²) in [5.41, 5.74) is 0.820. The Hall–Kier alpha value is -0.820. The van der Waals surface area contributed by atoms with Crippen molar-refractivity contribution in [3.8, 4) is 0 Å². The molecule has 0 aliphatic heterocycles. The molecule has 1 aromatic rings. The fourth-order valence-corrected chi connectivity index (χ4v) is 2.63. The van der Waals surface area contributed by atoms with Crippen LogP contribution < -0.4 is 0 Å². The van der Waals surface area contributed by atoms with Gasteiger partial charge < -0.3 is 9.47 Å². The number of thiazole rings is 1. The Morgan fingerprint density at radius 2 is 2.00 bits per heavy atom. The standard InChI is InChI=1S/C12H20N2O3S/c1-8-11(18-9(2)13-8)10(15)6-7-14(3)12(16-4)17-5/h12H,6-7H2,1-5H3. The van der Waals surface area contributed by atoms with Gasteiger partial charge in [0.1, 0.15) is 0 Å². The van der Waals surface area contributed by atoms with Crippen LogP contribution in [-0.4, -0.2) is 49.9 Å². The van der Waals surface area contributed by atoms with Crippen LogP contribution in [0.4, 0.5) is 0 Å². The van der Waals surface area contributed by atoms with Crippen molar-refractivity contribution in [3.63, 3.8) is 0 Å². The van der Waals surface area contributed by atoms with E-state index in [1.807, 2.05) is 25.8 Å². The van der Waals surface area contributed by atoms with Crippen molar-refractivity contribution in [2.24, 2.45) is 0 Å². The summed E-state index contributed by atoms with van der Waals surface area (Å²) in [6, 6.07) is 0. The van der Waals surface area contributed by atoms with Gasteiger partial charge in [-0.15, -0.1) is 11.3 Å². The molecule has 0 radical (unpaired) electrons. The van der Waals surface area contributed by atoms with Gasteiger partial charge in [-0.3, -0.25) is 9.69 Å². The van der Waals surface area contributed by atoms with E-state index in [1.54, 1.807) is 14.2 Å². The highest BCUT2D eigenvalue weighted by Gasteiger charge is 2.17. The Bertz CT molecular complexity index is 402. The molecule has 0 aromatic carbocycles. The first kappa shape index (κ1) is 15.2. The Morgan fingerprint density at radius 3 is 2.44 bits per heavy atom. The molecule has 0 aliphatic carbocycles. The number of hydrogen-bond acceptors (Lipinski definition) is 6. The molecule has 0 spiro atoms. The number of aryl methyl sites for hydroxylation is 2. The Balaban J connectivity index is 2.53. The van der Waals surface area contributed by atoms with E-state index in [2.05, 4.69) is 4.98 Å². The molecule has 0 fully saturated rings. The van der Waals surface area contributed by atoms with Crippen molar-refractivity contribution < 1.29 is 14.3 Å². The quantitative estimate of drug-likeness (QED) is 0.560. The van der Waals surface area contributed by atoms with Crippen LogP contribution in [0.15, 0.2) is 0 Å². The highest BCUT2D eigenvalue weighted by atomic mass is 32.1. The number of carbonyl (C=O) groups is 1. The first-order valence-electron chi connectivity index (χ1n) is 5.72. The maximum absolute atomic E-state index is 12.0. The third-order valence-corrected chi connectivity index (χ3v) is 3.73. The van der Waals surface area contributed by atoms with Crippen LogP contribution in [0.2, 0.25) is 0 Å². The predicted molar refractivity (Wildman–Crippen MR) is 71.0 cm³/mol. The number of carbonyl (C=O) groups excluding carboxylic acids is 1. The van der Waals surface area contributed by atoms with Crippen LogP contribution in [0.5, 0.6) is 0 Å². The van der Waals surface area contributed by atoms with E-state index in [9.17, 15) is 4.79 Å². The van der Waals surface area contributed by atoms with Gasteiger partial charge in [-0.2, -0.15) is 0 Å². The van der Waals surface area contributed by atoms with Crippen molar-refractivity contribution >= 4 is 17.1 Å². The third kappa shape index (κ3) is 3.84. The van der Waals surface area contributed by atoms with E-state index in [0.29, 0.717) is 13.0 Å². The third-order valence-electron chi connectivity index (χ3n) is 2.61. The average Bonchev–Trinajstić information content (AvgIpc) is 2.67. The molecule has 0 N–H and O–H groups in total. The lowest BCUT2D eigenvalue weighted by Crippen LogP contribution is -2.36. The Kier molecular flexibility index (Phi) is 5.87. The largest absolute Gasteiger partial charge is 0.343 e. The van der Waals surface area contributed by atoms with Gasteiger partial charge >= 0.3 is 0 Å². The molecule has 1 aromatic heterocycles. The molecule has 1 rings (SSSR count). The summed E-state index contributed by atoms with van der Waals surface area (Å²) >= 11 is 1.45. The van der Waals surface area contributed by atoms with E-state index < -0.39 is 6.41 Å². The molecule has 5 nitrogen and oxygen atoms in total. The number of methoxy groups -OCH3 is 2. The zero-order valence-corrected chi connectivity index (χ0v) is 12.3. The van der Waals surface area contributed by atoms with Crippen LogP contribution >= 0.6 is 11.3 Å². The lowest BCUT2D eigenvalue weighted by atomic mass is 10.2. The normalized spacial score (nSPS) is 11.5. The SMILES string of the molecule is COC(OC)N(C)CCC(=O)c1sc(C)nc1C. The first-order valence-corrected chi connectivity index (χ1v) is 6.54. The van der Waals surface area contributed by atoms with Gasteiger partial charge in [0.2, 0.25) is 6.41 Å². The Labute approximate surface area is 112 Å². The minimum absolute atomic E-state index is 0.121. The number of aromatic nitrogens is 1. The summed E-state index contributed by atoms with van der Waals surface area (Å²) < 4.78 is 10.2. The number of nitrogens with zero attached hydrogens (tertiary/aromatic N) is 2. The number of rotatable bonds is 7. The number of ether oxygens (including phenoxy) is 2. The summed E-state index contributed by atoms with van der Waals surface area (Å²) in [4.78, 5) is 18.9. The molecular formula is C12H20N2O3S. The zero-order chi connectivity index (χ0) is 13.7. The van der Waals surface area contributed by atoms with Crippen molar-refractivity contribution in [3.05, 3.63) is 15.6 Å². The van der Waals surface area contributed by atoms with Gasteiger partial charge in [0.05, 0.1) is 15.6 Å². The molecule has 18 heavy (non-hydrogen) atoms. The fourth-order valence-electron chi connectivity index (χ4n) is 1.74. The second-order valence-corrected chi connectivity index (χ2v) is 5.28. The molecular weight excluding hydrogens is 252 g/mol. The van der Waals surface area contributed by atoms with Crippen molar-refractivity contribution in [1.29, 1.82) is 0 Å². The lowest BCUT2D eigenvalue weighted by molar-refractivity contribution is -0.187. The summed E-state index contributed by atoms with van der Waals surface area (Å²) in [6.07, 6.45) is 0.0180. The monoisotopic (exact) mass is 272 g/mol. The first-order chi connectivity index (χ1) is 8.49. The van der Waals surface area contributed by atoms with Crippen molar-refractivity contribution in [1.82, 2.24) is 9.88 Å². The number of Topliss-reactive ketones (excluding diaryl/α,β-unsaturated/α-hetero) is 1. The zero-order valence-electron chi connectivity index (χ0n) is 11.5. The molecule has 0 unspecified atom stereocenters. The molecule has 0 saturated heterocycles. The minimum atomic E-state index is -0.415. The van der Waals surface area contributed by atoms with Crippen molar-refractivity contribution in [2.75, 3.05) is 27.8 Å². The molecule has 1 heterocycles. The molecule has 6 heteroatoms. The van der Waals surface area contributed by atoms with Gasteiger partial charge in [0.15, 0.2) is 5.78 Å². The second-order valence-electron chi connectivity index (χ2n) is 4.08. The summed E-state index contributed by atoms with van der Waals surface area (Å²) in [5.74, 6) is 0.121. The van der Waals surface area contributed by atoms with E-state index in [0.717, 1.165) is 15.6 Å². The van der Waals surface area contributed by atoms with E-state index in [-0.39, 0.29) is 5.78 Å². The maximum atomic E-state index is 12.0. The highest BCUT2D eigenvalue weighted by molar-refractivity contribution is 7.13. The van der Waals surface area contributed by atoms with Gasteiger partial charge in [-0.25, -0.2) is 4.98 Å². The van der Waals surface area contributed by atoms with Gasteiger partial charge in [-0.1, -0.05) is 0 Å². The summed E-state index contributed by atoms with van der Waals surface area (Å²) in [6.45, 7) is 4.36. The summed E-state index contributed by atoms with van der Waals surface area (Å²) in [5, 5.41) is 0.927. The predicted octanol–water partition coefficient (Wildman–Crippen LogP) is 1.84. The van der Waals surface area contributed by atoms with Crippen LogP contribution in [0.3, 0.4) is 0 Å². The maximum Gasteiger partial charge on any atom is 0.217 e. The van der Waals surface area contributed by atoms with Crippen LogP contribution in [-0.2, 0) is 9.47 Å². The smallest absolute Gasteiger partial charge is 0.217 e. The van der Waals surface area contributed by atoms with E-state index in [4.69, 9.17) is 9.47 Å². The lowest BCUT2D eigenvalue weighted by Gasteiger charge is -2.24. The molecule has 102 valence electrons. The van der Waals surface area contributed by atoms with Gasteiger partial charge in [0.25, 0.3) is 0 Å². The minimum Gasteiger partial charge on any atom is -0.343 e. The van der Waals surface area contributed by atoms with Gasteiger partial charge in [0, 0.05) is 27.2 Å². The van der Waals surface area contributed by atoms with Crippen LogP contribution in [0.25, 0.3) is 0 Å². The van der Waals surface area contributed by atoms with E-state index >= 15 is 0 Å². The van der Waals surface area contributed by atoms with Crippen LogP contribution in [0, 0.1) is 13.8 Å². The topological polar surface area (TPSA) is 51.7 Å². The summed E-state index contributed by atoms with van der Waals surface area (Å²) in [7, 11) is 5.00. The van der Waals surface area contributed by atoms with E-state index in [1.165, 1.54) is 11.3 Å². The fraction of sp³-hybridized carbons (Fsp3) is 0.667. The van der Waals surface area contributed by atoms with Crippen molar-refractivity contribution in [2.45, 2.75) is 26.7 Å². The average molecular weight is 272 g/mol. The van der Waals surface area contributed by atoms with Crippen LogP contribution in [0.1, 0.15) is 26.8 Å². The Morgan fingerprint density at radius 1 is 1.39 bits per heavy atom. The molecule has 0 saturated carbocycles. The molecule has 0 bridgehead atoms. The van der Waals surface area contributed by atoms with Gasteiger partial charge in [-0.05, 0) is 20.9 Å². The molecule has 0 aliphatic rings. The molecule has 0 amide bonds. The number of hydrogen-bond donors (Lipinski definition) is 0. The highest BCUT2D eigenvalue weighted by Crippen LogP contribution is 2.19. The number of ketones is 1. The molecule has 0 atom stereocenters.